The molecule has 0 spiro atoms. The molecule has 2 amide bonds. The summed E-state index contributed by atoms with van der Waals surface area (Å²) in [5, 5.41) is 15.9. The average molecular weight is 398 g/mol. The van der Waals surface area contributed by atoms with Gasteiger partial charge in [-0.25, -0.2) is 0 Å². The molecule has 27 heavy (non-hydrogen) atoms. The number of carbonyl (C=O) groups is 2. The van der Waals surface area contributed by atoms with Gasteiger partial charge in [0, 0.05) is 9.77 Å². The molecule has 2 N–H and O–H groups in total. The highest BCUT2D eigenvalue weighted by Crippen LogP contribution is 2.44. The highest BCUT2D eigenvalue weighted by atomic mass is 32.2. The Hall–Kier alpha value is -2.30. The molecule has 0 radical (unpaired) electrons. The van der Waals surface area contributed by atoms with Crippen molar-refractivity contribution in [3.8, 4) is 6.07 Å². The van der Waals surface area contributed by atoms with Crippen LogP contribution in [0.1, 0.15) is 36.3 Å². The molecule has 5 nitrogen and oxygen atoms in total. The van der Waals surface area contributed by atoms with E-state index in [4.69, 9.17) is 0 Å². The fraction of sp³-hybridized carbons (Fsp3) is 0.350. The maximum Gasteiger partial charge on any atom is 0.250 e. The van der Waals surface area contributed by atoms with Gasteiger partial charge in [-0.1, -0.05) is 30.8 Å². The van der Waals surface area contributed by atoms with Crippen LogP contribution in [-0.2, 0) is 22.4 Å². The lowest BCUT2D eigenvalue weighted by Gasteiger charge is -2.31. The van der Waals surface area contributed by atoms with Gasteiger partial charge in [-0.15, -0.1) is 11.3 Å². The number of nitriles is 1. The first-order valence-corrected chi connectivity index (χ1v) is 10.5. The van der Waals surface area contributed by atoms with E-state index in [1.165, 1.54) is 28.0 Å². The summed E-state index contributed by atoms with van der Waals surface area (Å²) in [6, 6.07) is 9.68. The molecule has 2 aromatic rings. The van der Waals surface area contributed by atoms with Crippen LogP contribution in [0.2, 0.25) is 0 Å². The maximum atomic E-state index is 13.1. The minimum Gasteiger partial charge on any atom is -0.323 e. The summed E-state index contributed by atoms with van der Waals surface area (Å²) in [7, 11) is 0. The number of nitrogens with one attached hydrogen (secondary N) is 2. The molecule has 1 aliphatic heterocycles. The minimum absolute atomic E-state index is 0.350. The monoisotopic (exact) mass is 397 g/mol. The molecule has 1 aromatic heterocycles. The molecule has 1 aromatic carbocycles. The van der Waals surface area contributed by atoms with Crippen LogP contribution in [0.5, 0.6) is 0 Å². The quantitative estimate of drug-likeness (QED) is 0.745. The lowest BCUT2D eigenvalue weighted by molar-refractivity contribution is -0.126. The van der Waals surface area contributed by atoms with Crippen LogP contribution in [0.4, 0.5) is 10.7 Å². The molecule has 138 valence electrons. The first kappa shape index (κ1) is 18.1. The Morgan fingerprint density at radius 1 is 1.41 bits per heavy atom. The largest absolute Gasteiger partial charge is 0.323 e. The standard InChI is InChI=1S/C20H19N3O2S2/c1-11-7-8-12-13(10-21)17(26-16(12)9-11)23-19(25)20(2)18(24)22-14-5-3-4-6-15(14)27-20/h3-6,11H,7-9H2,1-2H3,(H,22,24)(H,23,25). The second-order valence-electron chi connectivity index (χ2n) is 7.21. The van der Waals surface area contributed by atoms with E-state index < -0.39 is 10.7 Å². The summed E-state index contributed by atoms with van der Waals surface area (Å²) in [6.45, 7) is 3.83. The van der Waals surface area contributed by atoms with Gasteiger partial charge in [-0.05, 0) is 49.8 Å². The Balaban J connectivity index is 1.63. The number of fused-ring (bicyclic) bond motifs is 2. The third kappa shape index (κ3) is 3.03. The van der Waals surface area contributed by atoms with Crippen molar-refractivity contribution in [3.05, 3.63) is 40.3 Å². The van der Waals surface area contributed by atoms with Crippen LogP contribution in [0.3, 0.4) is 0 Å². The fourth-order valence-electron chi connectivity index (χ4n) is 3.50. The molecule has 1 aliphatic carbocycles. The molecule has 2 unspecified atom stereocenters. The number of nitrogens with zero attached hydrogens (tertiary/aromatic N) is 1. The predicted molar refractivity (Wildman–Crippen MR) is 108 cm³/mol. The van der Waals surface area contributed by atoms with Crippen molar-refractivity contribution >= 4 is 45.6 Å². The van der Waals surface area contributed by atoms with Gasteiger partial charge in [0.05, 0.1) is 11.3 Å². The van der Waals surface area contributed by atoms with Crippen LogP contribution in [0.25, 0.3) is 0 Å². The number of hydrogen-bond acceptors (Lipinski definition) is 5. The van der Waals surface area contributed by atoms with E-state index in [9.17, 15) is 14.9 Å². The molecule has 2 atom stereocenters. The Labute approximate surface area is 166 Å². The van der Waals surface area contributed by atoms with Crippen LogP contribution < -0.4 is 10.6 Å². The van der Waals surface area contributed by atoms with Crippen LogP contribution in [0.15, 0.2) is 29.2 Å². The van der Waals surface area contributed by atoms with E-state index in [1.54, 1.807) is 6.92 Å². The number of anilines is 2. The van der Waals surface area contributed by atoms with Gasteiger partial charge in [0.1, 0.15) is 11.1 Å². The number of thioether (sulfide) groups is 1. The Morgan fingerprint density at radius 3 is 2.96 bits per heavy atom. The third-order valence-electron chi connectivity index (χ3n) is 5.17. The fourth-order valence-corrected chi connectivity index (χ4v) is 5.95. The second kappa shape index (κ2) is 6.70. The molecule has 0 saturated heterocycles. The topological polar surface area (TPSA) is 82.0 Å². The number of carbonyl (C=O) groups excluding carboxylic acids is 2. The maximum absolute atomic E-state index is 13.1. The van der Waals surface area contributed by atoms with Gasteiger partial charge in [-0.3, -0.25) is 9.59 Å². The highest BCUT2D eigenvalue weighted by molar-refractivity contribution is 8.02. The van der Waals surface area contributed by atoms with Gasteiger partial charge < -0.3 is 10.6 Å². The van der Waals surface area contributed by atoms with Crippen LogP contribution in [-0.4, -0.2) is 16.6 Å². The number of hydrogen-bond donors (Lipinski definition) is 2. The lowest BCUT2D eigenvalue weighted by Crippen LogP contribution is -2.49. The number of para-hydroxylation sites is 1. The molecular formula is C20H19N3O2S2. The second-order valence-corrected chi connectivity index (χ2v) is 9.77. The zero-order valence-electron chi connectivity index (χ0n) is 15.1. The molecule has 0 bridgehead atoms. The van der Waals surface area contributed by atoms with E-state index in [1.807, 2.05) is 24.3 Å². The van der Waals surface area contributed by atoms with Crippen molar-refractivity contribution < 1.29 is 9.59 Å². The summed E-state index contributed by atoms with van der Waals surface area (Å²) in [6.07, 6.45) is 2.86. The number of amides is 2. The molecule has 2 heterocycles. The Morgan fingerprint density at radius 2 is 2.19 bits per heavy atom. The normalized spacial score (nSPS) is 23.6. The minimum atomic E-state index is -1.29. The van der Waals surface area contributed by atoms with Gasteiger partial charge in [-0.2, -0.15) is 5.26 Å². The van der Waals surface area contributed by atoms with Crippen molar-refractivity contribution in [1.29, 1.82) is 5.26 Å². The predicted octanol–water partition coefficient (Wildman–Crippen LogP) is 4.19. The molecule has 0 fully saturated rings. The first-order valence-electron chi connectivity index (χ1n) is 8.88. The average Bonchev–Trinajstić information content (AvgIpc) is 2.98. The molecule has 0 saturated carbocycles. The summed E-state index contributed by atoms with van der Waals surface area (Å²) < 4.78 is -1.29. The van der Waals surface area contributed by atoms with Gasteiger partial charge in [0.2, 0.25) is 5.91 Å². The van der Waals surface area contributed by atoms with Crippen molar-refractivity contribution in [2.45, 2.75) is 42.8 Å². The van der Waals surface area contributed by atoms with Crippen LogP contribution >= 0.6 is 23.1 Å². The van der Waals surface area contributed by atoms with Crippen molar-refractivity contribution in [2.24, 2.45) is 5.92 Å². The SMILES string of the molecule is CC1CCc2c(sc(NC(=O)C3(C)Sc4ccccc4NC3=O)c2C#N)C1. The summed E-state index contributed by atoms with van der Waals surface area (Å²) in [5.74, 6) is -0.167. The number of rotatable bonds is 2. The first-order chi connectivity index (χ1) is 12.9. The summed E-state index contributed by atoms with van der Waals surface area (Å²) >= 11 is 2.71. The van der Waals surface area contributed by atoms with Gasteiger partial charge in [0.15, 0.2) is 4.75 Å². The Bertz CT molecular complexity index is 992. The van der Waals surface area contributed by atoms with E-state index in [-0.39, 0.29) is 5.91 Å². The third-order valence-corrected chi connectivity index (χ3v) is 7.69. The van der Waals surface area contributed by atoms with Crippen LogP contribution in [0, 0.1) is 17.2 Å². The zero-order valence-corrected chi connectivity index (χ0v) is 16.7. The molecule has 2 aliphatic rings. The lowest BCUT2D eigenvalue weighted by atomic mass is 9.88. The van der Waals surface area contributed by atoms with E-state index in [2.05, 4.69) is 23.6 Å². The molecule has 4 rings (SSSR count). The van der Waals surface area contributed by atoms with Gasteiger partial charge >= 0.3 is 0 Å². The highest BCUT2D eigenvalue weighted by Gasteiger charge is 2.46. The van der Waals surface area contributed by atoms with E-state index >= 15 is 0 Å². The Kier molecular flexibility index (Phi) is 4.49. The summed E-state index contributed by atoms with van der Waals surface area (Å²) in [5.41, 5.74) is 2.34. The van der Waals surface area contributed by atoms with Crippen molar-refractivity contribution in [1.82, 2.24) is 0 Å². The number of thiophene rings is 1. The smallest absolute Gasteiger partial charge is 0.250 e. The zero-order chi connectivity index (χ0) is 19.2. The molecular weight excluding hydrogens is 378 g/mol. The van der Waals surface area contributed by atoms with E-state index in [0.29, 0.717) is 16.5 Å². The van der Waals surface area contributed by atoms with Crippen molar-refractivity contribution in [2.75, 3.05) is 10.6 Å². The van der Waals surface area contributed by atoms with Gasteiger partial charge in [0.25, 0.3) is 5.91 Å². The summed E-state index contributed by atoms with van der Waals surface area (Å²) in [4.78, 5) is 27.7. The number of benzene rings is 1. The molecule has 7 heteroatoms. The van der Waals surface area contributed by atoms with E-state index in [0.717, 1.165) is 35.4 Å². The van der Waals surface area contributed by atoms with Crippen molar-refractivity contribution in [3.63, 3.8) is 0 Å².